The van der Waals surface area contributed by atoms with Crippen molar-refractivity contribution in [3.05, 3.63) is 29.3 Å². The molecule has 0 aliphatic carbocycles. The predicted molar refractivity (Wildman–Crippen MR) is 97.1 cm³/mol. The molecule has 0 saturated carbocycles. The normalized spacial score (nSPS) is 17.7. The molecule has 1 aliphatic rings. The minimum Gasteiger partial charge on any atom is -0.356 e. The van der Waals surface area contributed by atoms with Crippen LogP contribution >= 0.6 is 0 Å². The van der Waals surface area contributed by atoms with Crippen molar-refractivity contribution in [2.45, 2.75) is 40.5 Å². The molecular weight excluding hydrogens is 302 g/mol. The van der Waals surface area contributed by atoms with E-state index in [1.165, 1.54) is 5.56 Å². The maximum absolute atomic E-state index is 12.5. The Hall–Kier alpha value is -2.04. The van der Waals surface area contributed by atoms with Crippen LogP contribution in [0.4, 0.5) is 10.5 Å². The van der Waals surface area contributed by atoms with Crippen molar-refractivity contribution in [1.82, 2.24) is 10.2 Å². The van der Waals surface area contributed by atoms with Crippen LogP contribution in [-0.2, 0) is 4.79 Å². The highest BCUT2D eigenvalue weighted by Gasteiger charge is 2.24. The third kappa shape index (κ3) is 4.98. The number of likely N-dealkylation sites (tertiary alicyclic amines) is 1. The minimum atomic E-state index is -0.0539. The number of hydrogen-bond acceptors (Lipinski definition) is 2. The number of piperidine rings is 1. The van der Waals surface area contributed by atoms with Crippen molar-refractivity contribution in [2.24, 2.45) is 11.8 Å². The molecule has 0 aromatic heterocycles. The Bertz CT molecular complexity index is 598. The second kappa shape index (κ2) is 8.18. The van der Waals surface area contributed by atoms with Crippen molar-refractivity contribution < 1.29 is 9.59 Å². The zero-order chi connectivity index (χ0) is 17.7. The van der Waals surface area contributed by atoms with Crippen molar-refractivity contribution in [2.75, 3.05) is 25.0 Å². The second-order valence-corrected chi connectivity index (χ2v) is 7.10. The fourth-order valence-corrected chi connectivity index (χ4v) is 3.01. The summed E-state index contributed by atoms with van der Waals surface area (Å²) in [7, 11) is 0. The van der Waals surface area contributed by atoms with E-state index in [2.05, 4.69) is 16.7 Å². The van der Waals surface area contributed by atoms with Crippen molar-refractivity contribution in [1.29, 1.82) is 0 Å². The molecule has 1 fully saturated rings. The molecule has 0 bridgehead atoms. The van der Waals surface area contributed by atoms with Gasteiger partial charge in [0.15, 0.2) is 0 Å². The van der Waals surface area contributed by atoms with Crippen LogP contribution in [0.5, 0.6) is 0 Å². The number of amides is 3. The molecule has 132 valence electrons. The zero-order valence-electron chi connectivity index (χ0n) is 15.2. The number of urea groups is 1. The van der Waals surface area contributed by atoms with E-state index < -0.39 is 0 Å². The van der Waals surface area contributed by atoms with Gasteiger partial charge in [-0.25, -0.2) is 4.79 Å². The van der Waals surface area contributed by atoms with Crippen LogP contribution in [0, 0.1) is 25.7 Å². The van der Waals surface area contributed by atoms with Gasteiger partial charge in [-0.3, -0.25) is 4.79 Å². The monoisotopic (exact) mass is 331 g/mol. The van der Waals surface area contributed by atoms with Crippen LogP contribution in [-0.4, -0.2) is 36.5 Å². The van der Waals surface area contributed by atoms with Gasteiger partial charge < -0.3 is 15.5 Å². The highest BCUT2D eigenvalue weighted by Crippen LogP contribution is 2.20. The van der Waals surface area contributed by atoms with Crippen molar-refractivity contribution >= 4 is 17.6 Å². The summed E-state index contributed by atoms with van der Waals surface area (Å²) in [5, 5.41) is 5.99. The number of carbonyl (C=O) groups is 2. The van der Waals surface area contributed by atoms with Crippen molar-refractivity contribution in [3.63, 3.8) is 0 Å². The molecule has 1 aliphatic heterocycles. The molecule has 1 saturated heterocycles. The Morgan fingerprint density at radius 1 is 1.29 bits per heavy atom. The summed E-state index contributed by atoms with van der Waals surface area (Å²) >= 11 is 0. The lowest BCUT2D eigenvalue weighted by Gasteiger charge is -2.33. The Balaban J connectivity index is 1.89. The van der Waals surface area contributed by atoms with Crippen molar-refractivity contribution in [3.8, 4) is 0 Å². The topological polar surface area (TPSA) is 61.4 Å². The van der Waals surface area contributed by atoms with Gasteiger partial charge in [-0.15, -0.1) is 0 Å². The smallest absolute Gasteiger partial charge is 0.321 e. The highest BCUT2D eigenvalue weighted by molar-refractivity contribution is 5.90. The van der Waals surface area contributed by atoms with E-state index in [0.717, 1.165) is 30.6 Å². The van der Waals surface area contributed by atoms with Gasteiger partial charge in [0, 0.05) is 31.2 Å². The first-order valence-electron chi connectivity index (χ1n) is 8.77. The molecule has 1 atom stereocenters. The molecule has 1 aromatic carbocycles. The molecule has 2 rings (SSSR count). The maximum Gasteiger partial charge on any atom is 0.321 e. The number of nitrogens with one attached hydrogen (secondary N) is 2. The number of nitrogens with zero attached hydrogens (tertiary/aromatic N) is 1. The van der Waals surface area contributed by atoms with Crippen LogP contribution in [0.2, 0.25) is 0 Å². The third-order valence-electron chi connectivity index (χ3n) is 4.52. The summed E-state index contributed by atoms with van der Waals surface area (Å²) in [5.74, 6) is 0.399. The summed E-state index contributed by atoms with van der Waals surface area (Å²) in [6.07, 6.45) is 2.02. The van der Waals surface area contributed by atoms with Crippen LogP contribution in [0.1, 0.15) is 37.8 Å². The molecule has 5 heteroatoms. The lowest BCUT2D eigenvalue weighted by Crippen LogP contribution is -2.45. The Labute approximate surface area is 144 Å². The van der Waals surface area contributed by atoms with Gasteiger partial charge in [0.1, 0.15) is 0 Å². The SMILES string of the molecule is Cc1ccc(NC(=O)N2CCC[C@@H](CNC(=O)C(C)C)C2)c(C)c1. The van der Waals surface area contributed by atoms with E-state index in [9.17, 15) is 9.59 Å². The predicted octanol–water partition coefficient (Wildman–Crippen LogP) is 3.32. The van der Waals surface area contributed by atoms with Gasteiger partial charge in [-0.1, -0.05) is 31.5 Å². The van der Waals surface area contributed by atoms with Crippen LogP contribution < -0.4 is 10.6 Å². The molecule has 2 N–H and O–H groups in total. The van der Waals surface area contributed by atoms with E-state index >= 15 is 0 Å². The number of hydrogen-bond donors (Lipinski definition) is 2. The Morgan fingerprint density at radius 3 is 2.71 bits per heavy atom. The molecule has 1 aromatic rings. The molecule has 0 unspecified atom stereocenters. The highest BCUT2D eigenvalue weighted by atomic mass is 16.2. The number of aryl methyl sites for hydroxylation is 2. The number of benzene rings is 1. The van der Waals surface area contributed by atoms with Crippen LogP contribution in [0.3, 0.4) is 0 Å². The maximum atomic E-state index is 12.5. The van der Waals surface area contributed by atoms with E-state index in [1.807, 2.05) is 44.7 Å². The van der Waals surface area contributed by atoms with Crippen LogP contribution in [0.15, 0.2) is 18.2 Å². The molecule has 24 heavy (non-hydrogen) atoms. The molecule has 1 heterocycles. The second-order valence-electron chi connectivity index (χ2n) is 7.10. The number of rotatable bonds is 4. The first kappa shape index (κ1) is 18.3. The van der Waals surface area contributed by atoms with Gasteiger partial charge >= 0.3 is 6.03 Å². The molecule has 5 nitrogen and oxygen atoms in total. The summed E-state index contributed by atoms with van der Waals surface area (Å²) in [4.78, 5) is 26.1. The summed E-state index contributed by atoms with van der Waals surface area (Å²) < 4.78 is 0. The molecule has 3 amide bonds. The van der Waals surface area contributed by atoms with Gasteiger partial charge in [-0.05, 0) is 44.2 Å². The van der Waals surface area contributed by atoms with Gasteiger partial charge in [0.25, 0.3) is 0 Å². The quantitative estimate of drug-likeness (QED) is 0.889. The average molecular weight is 331 g/mol. The number of carbonyl (C=O) groups excluding carboxylic acids is 2. The number of anilines is 1. The lowest BCUT2D eigenvalue weighted by molar-refractivity contribution is -0.124. The molecule has 0 radical (unpaired) electrons. The van der Waals surface area contributed by atoms with E-state index in [1.54, 1.807) is 0 Å². The standard InChI is InChI=1S/C19H29N3O2/c1-13(2)18(23)20-11-16-6-5-9-22(12-16)19(24)21-17-8-7-14(3)10-15(17)4/h7-8,10,13,16H,5-6,9,11-12H2,1-4H3,(H,20,23)(H,21,24)/t16-/m0/s1. The molecule has 0 spiro atoms. The van der Waals surface area contributed by atoms with E-state index in [4.69, 9.17) is 0 Å². The first-order chi connectivity index (χ1) is 11.4. The van der Waals surface area contributed by atoms with E-state index in [-0.39, 0.29) is 17.9 Å². The largest absolute Gasteiger partial charge is 0.356 e. The summed E-state index contributed by atoms with van der Waals surface area (Å²) in [5.41, 5.74) is 3.12. The minimum absolute atomic E-state index is 0.00231. The third-order valence-corrected chi connectivity index (χ3v) is 4.52. The van der Waals surface area contributed by atoms with Gasteiger partial charge in [0.2, 0.25) is 5.91 Å². The summed E-state index contributed by atoms with van der Waals surface area (Å²) in [6, 6.07) is 5.97. The first-order valence-corrected chi connectivity index (χ1v) is 8.77. The lowest BCUT2D eigenvalue weighted by atomic mass is 9.98. The zero-order valence-corrected chi connectivity index (χ0v) is 15.2. The van der Waals surface area contributed by atoms with Crippen LogP contribution in [0.25, 0.3) is 0 Å². The molecular formula is C19H29N3O2. The fourth-order valence-electron chi connectivity index (χ4n) is 3.01. The Morgan fingerprint density at radius 2 is 2.04 bits per heavy atom. The summed E-state index contributed by atoms with van der Waals surface area (Å²) in [6.45, 7) is 9.92. The Kier molecular flexibility index (Phi) is 6.23. The van der Waals surface area contributed by atoms with Gasteiger partial charge in [-0.2, -0.15) is 0 Å². The average Bonchev–Trinajstić information content (AvgIpc) is 2.55. The van der Waals surface area contributed by atoms with E-state index in [0.29, 0.717) is 19.0 Å². The fraction of sp³-hybridized carbons (Fsp3) is 0.579. The van der Waals surface area contributed by atoms with Gasteiger partial charge in [0.05, 0.1) is 0 Å².